The molecule has 1 heterocycles. The minimum absolute atomic E-state index is 0.274. The zero-order valence-corrected chi connectivity index (χ0v) is 12.7. The first-order valence-electron chi connectivity index (χ1n) is 6.84. The molecule has 1 aliphatic rings. The lowest BCUT2D eigenvalue weighted by atomic mass is 10.0. The molecule has 114 valence electrons. The van der Waals surface area contributed by atoms with Crippen LogP contribution in [-0.4, -0.2) is 5.37 Å². The Kier molecular flexibility index (Phi) is 3.91. The summed E-state index contributed by atoms with van der Waals surface area (Å²) >= 11 is 1.71. The SMILES string of the molecule is CC1SC=CN1c1ccccc1-c1ccc(C(F)(F)F)cc1. The molecule has 0 saturated heterocycles. The number of benzene rings is 2. The third kappa shape index (κ3) is 2.86. The van der Waals surface area contributed by atoms with Crippen molar-refractivity contribution in [2.24, 2.45) is 0 Å². The first-order chi connectivity index (χ1) is 10.5. The highest BCUT2D eigenvalue weighted by Gasteiger charge is 2.30. The zero-order chi connectivity index (χ0) is 15.7. The van der Waals surface area contributed by atoms with Crippen molar-refractivity contribution >= 4 is 17.4 Å². The molecule has 0 saturated carbocycles. The average Bonchev–Trinajstić information content (AvgIpc) is 2.92. The van der Waals surface area contributed by atoms with Gasteiger partial charge in [-0.3, -0.25) is 0 Å². The van der Waals surface area contributed by atoms with Crippen molar-refractivity contribution in [2.45, 2.75) is 18.5 Å². The molecular weight excluding hydrogens is 307 g/mol. The molecule has 1 unspecified atom stereocenters. The lowest BCUT2D eigenvalue weighted by Crippen LogP contribution is -2.21. The Morgan fingerprint density at radius 3 is 2.27 bits per heavy atom. The van der Waals surface area contributed by atoms with E-state index in [0.29, 0.717) is 0 Å². The van der Waals surface area contributed by atoms with Crippen LogP contribution in [0.15, 0.2) is 60.1 Å². The van der Waals surface area contributed by atoms with Crippen LogP contribution in [-0.2, 0) is 6.18 Å². The number of anilines is 1. The zero-order valence-electron chi connectivity index (χ0n) is 11.8. The molecule has 5 heteroatoms. The van der Waals surface area contributed by atoms with Crippen molar-refractivity contribution in [1.29, 1.82) is 0 Å². The molecule has 0 amide bonds. The van der Waals surface area contributed by atoms with Gasteiger partial charge in [-0.15, -0.1) is 11.8 Å². The first-order valence-corrected chi connectivity index (χ1v) is 7.78. The van der Waals surface area contributed by atoms with Crippen LogP contribution in [0.2, 0.25) is 0 Å². The molecule has 0 fully saturated rings. The lowest BCUT2D eigenvalue weighted by molar-refractivity contribution is -0.137. The van der Waals surface area contributed by atoms with Gasteiger partial charge in [-0.05, 0) is 36.1 Å². The summed E-state index contributed by atoms with van der Waals surface area (Å²) in [4.78, 5) is 2.12. The molecule has 1 atom stereocenters. The Bertz CT molecular complexity index is 692. The van der Waals surface area contributed by atoms with Gasteiger partial charge in [-0.2, -0.15) is 13.2 Å². The summed E-state index contributed by atoms with van der Waals surface area (Å²) in [6.45, 7) is 2.09. The molecule has 1 nitrogen and oxygen atoms in total. The third-order valence-corrected chi connectivity index (χ3v) is 4.49. The highest BCUT2D eigenvalue weighted by molar-refractivity contribution is 8.03. The lowest BCUT2D eigenvalue weighted by Gasteiger charge is -2.24. The topological polar surface area (TPSA) is 3.24 Å². The highest BCUT2D eigenvalue weighted by Crippen LogP contribution is 2.38. The van der Waals surface area contributed by atoms with E-state index >= 15 is 0 Å². The minimum atomic E-state index is -4.30. The molecule has 0 bridgehead atoms. The van der Waals surface area contributed by atoms with Crippen LogP contribution in [0.3, 0.4) is 0 Å². The average molecular weight is 321 g/mol. The Hall–Kier alpha value is -1.88. The number of rotatable bonds is 2. The van der Waals surface area contributed by atoms with Gasteiger partial charge in [0.1, 0.15) is 0 Å². The van der Waals surface area contributed by atoms with E-state index in [0.717, 1.165) is 28.9 Å². The fraction of sp³-hybridized carbons (Fsp3) is 0.176. The molecule has 3 rings (SSSR count). The van der Waals surface area contributed by atoms with Crippen molar-refractivity contribution < 1.29 is 13.2 Å². The van der Waals surface area contributed by atoms with Gasteiger partial charge in [0.05, 0.1) is 10.9 Å². The predicted molar refractivity (Wildman–Crippen MR) is 85.6 cm³/mol. The summed E-state index contributed by atoms with van der Waals surface area (Å²) < 4.78 is 38.0. The monoisotopic (exact) mass is 321 g/mol. The van der Waals surface area contributed by atoms with E-state index in [-0.39, 0.29) is 5.37 Å². The number of para-hydroxylation sites is 1. The number of hydrogen-bond donors (Lipinski definition) is 0. The summed E-state index contributed by atoms with van der Waals surface area (Å²) in [5, 5.41) is 2.30. The van der Waals surface area contributed by atoms with Gasteiger partial charge in [0.15, 0.2) is 0 Å². The van der Waals surface area contributed by atoms with Crippen LogP contribution in [0, 0.1) is 0 Å². The summed E-state index contributed by atoms with van der Waals surface area (Å²) in [6.07, 6.45) is -2.31. The Balaban J connectivity index is 2.00. The molecule has 2 aromatic rings. The smallest absolute Gasteiger partial charge is 0.334 e. The Morgan fingerprint density at radius 1 is 1.00 bits per heavy atom. The third-order valence-electron chi connectivity index (χ3n) is 3.59. The van der Waals surface area contributed by atoms with E-state index in [1.165, 1.54) is 12.1 Å². The molecule has 0 spiro atoms. The Morgan fingerprint density at radius 2 is 1.68 bits per heavy atom. The number of halogens is 3. The molecule has 2 aromatic carbocycles. The first kappa shape index (κ1) is 15.0. The summed E-state index contributed by atoms with van der Waals surface area (Å²) in [7, 11) is 0. The van der Waals surface area contributed by atoms with Gasteiger partial charge < -0.3 is 4.90 Å². The van der Waals surface area contributed by atoms with Gasteiger partial charge in [0, 0.05) is 17.5 Å². The second-order valence-corrected chi connectivity index (χ2v) is 6.25. The number of hydrogen-bond acceptors (Lipinski definition) is 2. The maximum atomic E-state index is 12.7. The van der Waals surface area contributed by atoms with Crippen molar-refractivity contribution in [2.75, 3.05) is 4.90 Å². The summed E-state index contributed by atoms with van der Waals surface area (Å²) in [6, 6.07) is 13.1. The molecule has 0 N–H and O–H groups in total. The van der Waals surface area contributed by atoms with Crippen LogP contribution in [0.25, 0.3) is 11.1 Å². The van der Waals surface area contributed by atoms with Crippen molar-refractivity contribution in [1.82, 2.24) is 0 Å². The fourth-order valence-electron chi connectivity index (χ4n) is 2.46. The minimum Gasteiger partial charge on any atom is -0.334 e. The van der Waals surface area contributed by atoms with Crippen LogP contribution in [0.5, 0.6) is 0 Å². The largest absolute Gasteiger partial charge is 0.416 e. The van der Waals surface area contributed by atoms with E-state index < -0.39 is 11.7 Å². The second kappa shape index (κ2) is 5.72. The van der Waals surface area contributed by atoms with Crippen LogP contribution < -0.4 is 4.90 Å². The van der Waals surface area contributed by atoms with Crippen LogP contribution >= 0.6 is 11.8 Å². The van der Waals surface area contributed by atoms with Crippen molar-refractivity contribution in [3.8, 4) is 11.1 Å². The van der Waals surface area contributed by atoms with Crippen LogP contribution in [0.1, 0.15) is 12.5 Å². The second-order valence-electron chi connectivity index (χ2n) is 5.02. The number of nitrogens with zero attached hydrogens (tertiary/aromatic N) is 1. The van der Waals surface area contributed by atoms with Gasteiger partial charge >= 0.3 is 6.18 Å². The number of thioether (sulfide) groups is 1. The Labute approximate surface area is 131 Å². The quantitative estimate of drug-likeness (QED) is 0.693. The molecule has 22 heavy (non-hydrogen) atoms. The van der Waals surface area contributed by atoms with E-state index in [1.807, 2.05) is 35.9 Å². The van der Waals surface area contributed by atoms with Crippen molar-refractivity contribution in [3.05, 3.63) is 65.7 Å². The van der Waals surface area contributed by atoms with Gasteiger partial charge in [0.25, 0.3) is 0 Å². The van der Waals surface area contributed by atoms with E-state index in [2.05, 4.69) is 11.8 Å². The van der Waals surface area contributed by atoms with E-state index in [9.17, 15) is 13.2 Å². The fourth-order valence-corrected chi connectivity index (χ4v) is 3.20. The van der Waals surface area contributed by atoms with E-state index in [1.54, 1.807) is 11.8 Å². The van der Waals surface area contributed by atoms with E-state index in [4.69, 9.17) is 0 Å². The molecule has 1 aliphatic heterocycles. The molecule has 0 aromatic heterocycles. The standard InChI is InChI=1S/C17H14F3NS/c1-12-21(10-11-22-12)16-5-3-2-4-15(16)13-6-8-14(9-7-13)17(18,19)20/h2-12H,1H3. The maximum absolute atomic E-state index is 12.7. The normalized spacial score (nSPS) is 18.0. The number of alkyl halides is 3. The van der Waals surface area contributed by atoms with Gasteiger partial charge in [0.2, 0.25) is 0 Å². The molecule has 0 aliphatic carbocycles. The molecule has 0 radical (unpaired) electrons. The van der Waals surface area contributed by atoms with Crippen LogP contribution in [0.4, 0.5) is 18.9 Å². The highest BCUT2D eigenvalue weighted by atomic mass is 32.2. The maximum Gasteiger partial charge on any atom is 0.416 e. The summed E-state index contributed by atoms with van der Waals surface area (Å²) in [5.41, 5.74) is 2.08. The van der Waals surface area contributed by atoms with Crippen molar-refractivity contribution in [3.63, 3.8) is 0 Å². The predicted octanol–water partition coefficient (Wildman–Crippen LogP) is 5.74. The molecular formula is C17H14F3NS. The summed E-state index contributed by atoms with van der Waals surface area (Å²) in [5.74, 6) is 0. The van der Waals surface area contributed by atoms with Gasteiger partial charge in [-0.25, -0.2) is 0 Å². The van der Waals surface area contributed by atoms with Gasteiger partial charge in [-0.1, -0.05) is 30.3 Å².